The highest BCUT2D eigenvalue weighted by Gasteiger charge is 2.26. The molecule has 1 unspecified atom stereocenters. The van der Waals surface area contributed by atoms with Crippen molar-refractivity contribution in [2.75, 3.05) is 38.5 Å². The van der Waals surface area contributed by atoms with Crippen molar-refractivity contribution in [2.24, 2.45) is 0 Å². The number of fused-ring (bicyclic) bond motifs is 1. The number of hydrogen-bond acceptors (Lipinski definition) is 4. The first-order valence-corrected chi connectivity index (χ1v) is 9.31. The fourth-order valence-corrected chi connectivity index (χ4v) is 3.49. The molecule has 1 saturated heterocycles. The van der Waals surface area contributed by atoms with E-state index < -0.39 is 0 Å². The Morgan fingerprint density at radius 1 is 1.33 bits per heavy atom. The molecule has 1 aliphatic rings. The van der Waals surface area contributed by atoms with E-state index in [1.54, 1.807) is 11.8 Å². The number of rotatable bonds is 5. The molecule has 0 bridgehead atoms. The van der Waals surface area contributed by atoms with Crippen LogP contribution in [0.4, 0.5) is 10.5 Å². The lowest BCUT2D eigenvalue weighted by Gasteiger charge is -2.23. The summed E-state index contributed by atoms with van der Waals surface area (Å²) in [5.74, 6) is 0.0965. The van der Waals surface area contributed by atoms with Crippen LogP contribution in [0.1, 0.15) is 19.0 Å². The number of nitrogens with one attached hydrogen (secondary N) is 2. The minimum absolute atomic E-state index is 0.0965. The average molecular weight is 369 g/mol. The first kappa shape index (κ1) is 19.1. The second kappa shape index (κ2) is 8.35. The number of aryl methyl sites for hydroxylation is 1. The molecule has 144 valence electrons. The number of urea groups is 1. The number of nitrogens with zero attached hydrogens (tertiary/aromatic N) is 3. The van der Waals surface area contributed by atoms with Gasteiger partial charge in [-0.2, -0.15) is 0 Å². The van der Waals surface area contributed by atoms with Crippen molar-refractivity contribution in [3.05, 3.63) is 36.0 Å². The number of para-hydroxylation sites is 1. The Morgan fingerprint density at radius 2 is 2.11 bits per heavy atom. The van der Waals surface area contributed by atoms with Gasteiger partial charge in [-0.3, -0.25) is 14.7 Å². The van der Waals surface area contributed by atoms with E-state index in [1.807, 2.05) is 44.3 Å². The standard InChI is InChI=1S/C20H27N5O2/c1-14-12-19(17-6-4-5-7-18(17)22-14)23-20(27)21-9-11-25-10-8-16(13-25)24(3)15(2)26/h4-7,12,16H,8-11,13H2,1-3H3,(H2,21,22,23,27). The molecule has 1 atom stereocenters. The van der Waals surface area contributed by atoms with Crippen LogP contribution in [-0.4, -0.2) is 66.0 Å². The van der Waals surface area contributed by atoms with Gasteiger partial charge < -0.3 is 15.5 Å². The van der Waals surface area contributed by atoms with Gasteiger partial charge in [0.2, 0.25) is 5.91 Å². The zero-order chi connectivity index (χ0) is 19.4. The van der Waals surface area contributed by atoms with Crippen LogP contribution in [0.25, 0.3) is 10.9 Å². The number of carbonyl (C=O) groups is 2. The van der Waals surface area contributed by atoms with Crippen LogP contribution in [0.2, 0.25) is 0 Å². The Hall–Kier alpha value is -2.67. The fraction of sp³-hybridized carbons (Fsp3) is 0.450. The summed E-state index contributed by atoms with van der Waals surface area (Å²) in [6.45, 7) is 6.64. The van der Waals surface area contributed by atoms with Crippen molar-refractivity contribution < 1.29 is 9.59 Å². The summed E-state index contributed by atoms with van der Waals surface area (Å²) in [5, 5.41) is 6.77. The number of aromatic nitrogens is 1. The zero-order valence-corrected chi connectivity index (χ0v) is 16.2. The predicted molar refractivity (Wildman–Crippen MR) is 107 cm³/mol. The van der Waals surface area contributed by atoms with Crippen LogP contribution in [0.3, 0.4) is 0 Å². The predicted octanol–water partition coefficient (Wildman–Crippen LogP) is 2.22. The van der Waals surface area contributed by atoms with Gasteiger partial charge in [-0.15, -0.1) is 0 Å². The second-order valence-electron chi connectivity index (χ2n) is 7.08. The van der Waals surface area contributed by atoms with E-state index in [0.29, 0.717) is 6.54 Å². The third kappa shape index (κ3) is 4.74. The Morgan fingerprint density at radius 3 is 2.89 bits per heavy atom. The van der Waals surface area contributed by atoms with E-state index in [0.717, 1.165) is 48.3 Å². The highest BCUT2D eigenvalue weighted by atomic mass is 16.2. The molecule has 27 heavy (non-hydrogen) atoms. The molecule has 1 fully saturated rings. The minimum Gasteiger partial charge on any atom is -0.342 e. The van der Waals surface area contributed by atoms with Crippen molar-refractivity contribution in [1.82, 2.24) is 20.1 Å². The molecule has 2 aromatic rings. The first-order valence-electron chi connectivity index (χ1n) is 9.31. The van der Waals surface area contributed by atoms with Gasteiger partial charge in [0, 0.05) is 57.3 Å². The van der Waals surface area contributed by atoms with Crippen LogP contribution in [0, 0.1) is 6.92 Å². The number of amides is 3. The molecular formula is C20H27N5O2. The largest absolute Gasteiger partial charge is 0.342 e. The SMILES string of the molecule is CC(=O)N(C)C1CCN(CCNC(=O)Nc2cc(C)nc3ccccc23)C1. The van der Waals surface area contributed by atoms with E-state index in [1.165, 1.54) is 0 Å². The molecule has 2 heterocycles. The number of anilines is 1. The van der Waals surface area contributed by atoms with E-state index in [4.69, 9.17) is 0 Å². The molecule has 0 spiro atoms. The molecular weight excluding hydrogens is 342 g/mol. The number of benzene rings is 1. The van der Waals surface area contributed by atoms with Crippen LogP contribution < -0.4 is 10.6 Å². The zero-order valence-electron chi connectivity index (χ0n) is 16.2. The lowest BCUT2D eigenvalue weighted by molar-refractivity contribution is -0.129. The number of hydrogen-bond donors (Lipinski definition) is 2. The summed E-state index contributed by atoms with van der Waals surface area (Å²) in [4.78, 5) is 32.3. The quantitative estimate of drug-likeness (QED) is 0.847. The topological polar surface area (TPSA) is 77.6 Å². The molecule has 1 aromatic carbocycles. The average Bonchev–Trinajstić information content (AvgIpc) is 3.09. The van der Waals surface area contributed by atoms with Gasteiger partial charge in [-0.05, 0) is 25.5 Å². The summed E-state index contributed by atoms with van der Waals surface area (Å²) >= 11 is 0. The third-order valence-corrected chi connectivity index (χ3v) is 5.10. The highest BCUT2D eigenvalue weighted by molar-refractivity contribution is 6.00. The summed E-state index contributed by atoms with van der Waals surface area (Å²) in [6, 6.07) is 9.69. The van der Waals surface area contributed by atoms with Crippen LogP contribution in [0.5, 0.6) is 0 Å². The summed E-state index contributed by atoms with van der Waals surface area (Å²) in [6.07, 6.45) is 0.977. The Kier molecular flexibility index (Phi) is 5.91. The van der Waals surface area contributed by atoms with E-state index >= 15 is 0 Å². The van der Waals surface area contributed by atoms with Crippen molar-refractivity contribution in [3.8, 4) is 0 Å². The van der Waals surface area contributed by atoms with E-state index in [-0.39, 0.29) is 18.0 Å². The second-order valence-corrected chi connectivity index (χ2v) is 7.08. The molecule has 7 heteroatoms. The summed E-state index contributed by atoms with van der Waals surface area (Å²) in [5.41, 5.74) is 2.49. The molecule has 2 N–H and O–H groups in total. The van der Waals surface area contributed by atoms with Gasteiger partial charge in [0.25, 0.3) is 0 Å². The first-order chi connectivity index (χ1) is 12.9. The van der Waals surface area contributed by atoms with Crippen molar-refractivity contribution in [1.29, 1.82) is 0 Å². The van der Waals surface area contributed by atoms with Crippen LogP contribution in [0.15, 0.2) is 30.3 Å². The van der Waals surface area contributed by atoms with Crippen molar-refractivity contribution in [2.45, 2.75) is 26.3 Å². The minimum atomic E-state index is -0.220. The maximum Gasteiger partial charge on any atom is 0.319 e. The van der Waals surface area contributed by atoms with Gasteiger partial charge >= 0.3 is 6.03 Å². The van der Waals surface area contributed by atoms with Crippen molar-refractivity contribution >= 4 is 28.5 Å². The normalized spacial score (nSPS) is 17.1. The van der Waals surface area contributed by atoms with Gasteiger partial charge in [-0.1, -0.05) is 18.2 Å². The molecule has 1 aliphatic heterocycles. The Labute approximate surface area is 159 Å². The Bertz CT molecular complexity index is 838. The maximum absolute atomic E-state index is 12.3. The molecule has 3 amide bonds. The van der Waals surface area contributed by atoms with Gasteiger partial charge in [0.05, 0.1) is 11.2 Å². The maximum atomic E-state index is 12.3. The monoisotopic (exact) mass is 369 g/mol. The number of pyridine rings is 1. The fourth-order valence-electron chi connectivity index (χ4n) is 3.49. The lowest BCUT2D eigenvalue weighted by Crippen LogP contribution is -2.40. The molecule has 0 aliphatic carbocycles. The molecule has 3 rings (SSSR count). The Balaban J connectivity index is 1.49. The van der Waals surface area contributed by atoms with E-state index in [2.05, 4.69) is 20.5 Å². The highest BCUT2D eigenvalue weighted by Crippen LogP contribution is 2.22. The van der Waals surface area contributed by atoms with Crippen LogP contribution >= 0.6 is 0 Å². The molecule has 0 radical (unpaired) electrons. The van der Waals surface area contributed by atoms with Gasteiger partial charge in [-0.25, -0.2) is 4.79 Å². The summed E-state index contributed by atoms with van der Waals surface area (Å²) in [7, 11) is 1.85. The smallest absolute Gasteiger partial charge is 0.319 e. The molecule has 1 aromatic heterocycles. The van der Waals surface area contributed by atoms with Gasteiger partial charge in [0.1, 0.15) is 0 Å². The third-order valence-electron chi connectivity index (χ3n) is 5.10. The van der Waals surface area contributed by atoms with E-state index in [9.17, 15) is 9.59 Å². The summed E-state index contributed by atoms with van der Waals surface area (Å²) < 4.78 is 0. The molecule has 0 saturated carbocycles. The van der Waals surface area contributed by atoms with Gasteiger partial charge in [0.15, 0.2) is 0 Å². The number of carbonyl (C=O) groups excluding carboxylic acids is 2. The number of likely N-dealkylation sites (N-methyl/N-ethyl adjacent to an activating group) is 1. The number of likely N-dealkylation sites (tertiary alicyclic amines) is 1. The molecule has 7 nitrogen and oxygen atoms in total. The van der Waals surface area contributed by atoms with Crippen LogP contribution in [-0.2, 0) is 4.79 Å². The lowest BCUT2D eigenvalue weighted by atomic mass is 10.1. The van der Waals surface area contributed by atoms with Crippen molar-refractivity contribution in [3.63, 3.8) is 0 Å².